The minimum absolute atomic E-state index is 0.300. The van der Waals surface area contributed by atoms with Crippen molar-refractivity contribution >= 4 is 38.9 Å². The zero-order valence-electron chi connectivity index (χ0n) is 10.5. The van der Waals surface area contributed by atoms with E-state index in [-0.39, 0.29) is 0 Å². The lowest BCUT2D eigenvalue weighted by Gasteiger charge is -2.23. The molecule has 0 saturated carbocycles. The van der Waals surface area contributed by atoms with Crippen molar-refractivity contribution in [1.82, 2.24) is 0 Å². The second-order valence-corrected chi connectivity index (χ2v) is 6.04. The Morgan fingerprint density at radius 3 is 2.79 bits per heavy atom. The number of hydrogen-bond acceptors (Lipinski definition) is 3. The first-order chi connectivity index (χ1) is 9.10. The van der Waals surface area contributed by atoms with Crippen LogP contribution in [0, 0.1) is 0 Å². The Balaban J connectivity index is 2.29. The van der Waals surface area contributed by atoms with Gasteiger partial charge in [-0.05, 0) is 36.6 Å². The lowest BCUT2D eigenvalue weighted by Crippen LogP contribution is -2.21. The average molecular weight is 340 g/mol. The first-order valence-electron chi connectivity index (χ1n) is 5.91. The molecule has 0 aliphatic heterocycles. The van der Waals surface area contributed by atoms with Crippen molar-refractivity contribution in [3.8, 4) is 0 Å². The van der Waals surface area contributed by atoms with Crippen LogP contribution in [0.2, 0.25) is 0 Å². The Morgan fingerprint density at radius 2 is 2.21 bits per heavy atom. The highest BCUT2D eigenvalue weighted by Gasteiger charge is 2.11. The van der Waals surface area contributed by atoms with Gasteiger partial charge >= 0.3 is 5.97 Å². The lowest BCUT2D eigenvalue weighted by molar-refractivity contribution is 0.0697. The normalized spacial score (nSPS) is 10.4. The molecule has 0 aliphatic rings. The van der Waals surface area contributed by atoms with Gasteiger partial charge in [-0.15, -0.1) is 11.3 Å². The van der Waals surface area contributed by atoms with Gasteiger partial charge in [0, 0.05) is 21.6 Å². The number of nitrogens with zero attached hydrogens (tertiary/aromatic N) is 1. The van der Waals surface area contributed by atoms with Crippen LogP contribution in [-0.4, -0.2) is 17.6 Å². The molecule has 1 aromatic carbocycles. The van der Waals surface area contributed by atoms with E-state index in [1.807, 2.05) is 17.5 Å². The van der Waals surface area contributed by atoms with E-state index >= 15 is 0 Å². The van der Waals surface area contributed by atoms with Crippen molar-refractivity contribution in [2.75, 3.05) is 11.4 Å². The summed E-state index contributed by atoms with van der Waals surface area (Å²) in [7, 11) is 0. The molecule has 1 heterocycles. The molecule has 0 aliphatic carbocycles. The molecule has 2 rings (SSSR count). The predicted octanol–water partition coefficient (Wildman–Crippen LogP) is 4.24. The summed E-state index contributed by atoms with van der Waals surface area (Å²) in [5.74, 6) is -0.908. The standard InChI is InChI=1S/C14H14BrNO2S/c1-2-16(9-13-4-3-5-19-13)12-7-10(14(17)18)6-11(15)8-12/h3-8H,2,9H2,1H3,(H,17,18). The van der Waals surface area contributed by atoms with Gasteiger partial charge in [-0.3, -0.25) is 0 Å². The SMILES string of the molecule is CCN(Cc1cccs1)c1cc(Br)cc(C(=O)O)c1. The van der Waals surface area contributed by atoms with Crippen molar-refractivity contribution in [3.05, 3.63) is 50.6 Å². The monoisotopic (exact) mass is 339 g/mol. The Bertz CT molecular complexity index is 569. The molecule has 0 bridgehead atoms. The van der Waals surface area contributed by atoms with E-state index in [4.69, 9.17) is 5.11 Å². The third-order valence-electron chi connectivity index (χ3n) is 2.80. The molecule has 2 aromatic rings. The van der Waals surface area contributed by atoms with Gasteiger partial charge in [-0.25, -0.2) is 4.79 Å². The van der Waals surface area contributed by atoms with Gasteiger partial charge in [0.1, 0.15) is 0 Å². The van der Waals surface area contributed by atoms with Gasteiger partial charge in [0.15, 0.2) is 0 Å². The first-order valence-corrected chi connectivity index (χ1v) is 7.58. The fourth-order valence-electron chi connectivity index (χ4n) is 1.86. The Hall–Kier alpha value is -1.33. The number of carbonyl (C=O) groups is 1. The van der Waals surface area contributed by atoms with Gasteiger partial charge in [0.25, 0.3) is 0 Å². The molecule has 0 fully saturated rings. The molecule has 0 unspecified atom stereocenters. The molecule has 0 radical (unpaired) electrons. The fourth-order valence-corrected chi connectivity index (χ4v) is 3.06. The van der Waals surface area contributed by atoms with E-state index in [2.05, 4.69) is 33.8 Å². The van der Waals surface area contributed by atoms with Crippen molar-refractivity contribution in [3.63, 3.8) is 0 Å². The zero-order chi connectivity index (χ0) is 13.8. The van der Waals surface area contributed by atoms with Crippen molar-refractivity contribution in [2.24, 2.45) is 0 Å². The zero-order valence-corrected chi connectivity index (χ0v) is 12.9. The van der Waals surface area contributed by atoms with Crippen LogP contribution < -0.4 is 4.90 Å². The first kappa shape index (κ1) is 14.1. The van der Waals surface area contributed by atoms with Crippen molar-refractivity contribution < 1.29 is 9.90 Å². The molecule has 100 valence electrons. The molecular weight excluding hydrogens is 326 g/mol. The number of thiophene rings is 1. The molecule has 1 N–H and O–H groups in total. The van der Waals surface area contributed by atoms with Gasteiger partial charge in [0.2, 0.25) is 0 Å². The highest BCUT2D eigenvalue weighted by molar-refractivity contribution is 9.10. The largest absolute Gasteiger partial charge is 0.478 e. The highest BCUT2D eigenvalue weighted by atomic mass is 79.9. The van der Waals surface area contributed by atoms with Crippen molar-refractivity contribution in [1.29, 1.82) is 0 Å². The summed E-state index contributed by atoms with van der Waals surface area (Å²) < 4.78 is 0.784. The molecule has 0 saturated heterocycles. The number of carboxylic acid groups (broad SMARTS) is 1. The van der Waals surface area contributed by atoms with Crippen LogP contribution >= 0.6 is 27.3 Å². The number of anilines is 1. The van der Waals surface area contributed by atoms with Crippen LogP contribution in [0.4, 0.5) is 5.69 Å². The Morgan fingerprint density at radius 1 is 1.42 bits per heavy atom. The van der Waals surface area contributed by atoms with E-state index in [1.165, 1.54) is 4.88 Å². The quantitative estimate of drug-likeness (QED) is 0.885. The lowest BCUT2D eigenvalue weighted by atomic mass is 10.2. The summed E-state index contributed by atoms with van der Waals surface area (Å²) in [6.45, 7) is 3.69. The van der Waals surface area contributed by atoms with E-state index < -0.39 is 5.97 Å². The van der Waals surface area contributed by atoms with Crippen LogP contribution in [0.3, 0.4) is 0 Å². The summed E-state index contributed by atoms with van der Waals surface area (Å²) in [6.07, 6.45) is 0. The molecule has 3 nitrogen and oxygen atoms in total. The van der Waals surface area contributed by atoms with Crippen LogP contribution in [-0.2, 0) is 6.54 Å². The van der Waals surface area contributed by atoms with Crippen LogP contribution in [0.25, 0.3) is 0 Å². The summed E-state index contributed by atoms with van der Waals surface area (Å²) in [5.41, 5.74) is 1.22. The molecular formula is C14H14BrNO2S. The van der Waals surface area contributed by atoms with Crippen LogP contribution in [0.1, 0.15) is 22.2 Å². The van der Waals surface area contributed by atoms with Crippen molar-refractivity contribution in [2.45, 2.75) is 13.5 Å². The topological polar surface area (TPSA) is 40.5 Å². The maximum Gasteiger partial charge on any atom is 0.335 e. The third-order valence-corrected chi connectivity index (χ3v) is 4.12. The van der Waals surface area contributed by atoms with Gasteiger partial charge in [0.05, 0.1) is 12.1 Å². The van der Waals surface area contributed by atoms with Crippen LogP contribution in [0.5, 0.6) is 0 Å². The number of aromatic carboxylic acids is 1. The molecule has 0 amide bonds. The number of halogens is 1. The number of carboxylic acids is 1. The molecule has 1 aromatic heterocycles. The van der Waals surface area contributed by atoms with E-state index in [0.717, 1.165) is 23.2 Å². The summed E-state index contributed by atoms with van der Waals surface area (Å²) in [5, 5.41) is 11.2. The smallest absolute Gasteiger partial charge is 0.335 e. The minimum atomic E-state index is -0.908. The number of rotatable bonds is 5. The number of benzene rings is 1. The van der Waals surface area contributed by atoms with E-state index in [9.17, 15) is 4.79 Å². The maximum absolute atomic E-state index is 11.1. The van der Waals surface area contributed by atoms with E-state index in [1.54, 1.807) is 23.5 Å². The molecule has 5 heteroatoms. The summed E-state index contributed by atoms with van der Waals surface area (Å²) >= 11 is 5.08. The number of hydrogen-bond donors (Lipinski definition) is 1. The Labute approximate surface area is 124 Å². The molecule has 0 atom stereocenters. The van der Waals surface area contributed by atoms with Crippen LogP contribution in [0.15, 0.2) is 40.2 Å². The highest BCUT2D eigenvalue weighted by Crippen LogP contribution is 2.25. The van der Waals surface area contributed by atoms with Gasteiger partial charge in [-0.1, -0.05) is 22.0 Å². The summed E-state index contributed by atoms with van der Waals surface area (Å²) in [4.78, 5) is 14.5. The predicted molar refractivity (Wildman–Crippen MR) is 82.1 cm³/mol. The molecule has 19 heavy (non-hydrogen) atoms. The summed E-state index contributed by atoms with van der Waals surface area (Å²) in [6, 6.07) is 9.39. The average Bonchev–Trinajstić information content (AvgIpc) is 2.88. The second-order valence-electron chi connectivity index (χ2n) is 4.10. The third kappa shape index (κ3) is 3.58. The van der Waals surface area contributed by atoms with E-state index in [0.29, 0.717) is 5.56 Å². The maximum atomic E-state index is 11.1. The van der Waals surface area contributed by atoms with Gasteiger partial charge < -0.3 is 10.0 Å². The minimum Gasteiger partial charge on any atom is -0.478 e. The molecule has 0 spiro atoms. The Kier molecular flexibility index (Phi) is 4.61. The van der Waals surface area contributed by atoms with Gasteiger partial charge in [-0.2, -0.15) is 0 Å². The second kappa shape index (κ2) is 6.21. The fraction of sp³-hybridized carbons (Fsp3) is 0.214.